The molecule has 2 aromatic rings. The number of carbonyl (C=O) groups is 1. The minimum atomic E-state index is 0.183. The maximum Gasteiger partial charge on any atom is 0.227 e. The Labute approximate surface area is 156 Å². The number of likely N-dealkylation sites (tertiary alicyclic amines) is 1. The number of carbonyl (C=O) groups excluding carboxylic acids is 1. The Balaban J connectivity index is 1.73. The van der Waals surface area contributed by atoms with Gasteiger partial charge in [-0.25, -0.2) is 0 Å². The third kappa shape index (κ3) is 4.75. The van der Waals surface area contributed by atoms with Crippen LogP contribution in [0.4, 0.5) is 0 Å². The van der Waals surface area contributed by atoms with Crippen molar-refractivity contribution < 1.29 is 9.53 Å². The average molecular weight is 349 g/mol. The zero-order valence-electron chi connectivity index (χ0n) is 15.5. The SMILES string of the molecule is C=Cc1ccc(OCc2ccccc2)c(CC(=O)N2CCCC(C)C2)c1. The molecule has 1 atom stereocenters. The van der Waals surface area contributed by atoms with Gasteiger partial charge in [-0.2, -0.15) is 0 Å². The molecule has 0 aromatic heterocycles. The number of ether oxygens (including phenoxy) is 1. The number of rotatable bonds is 6. The van der Waals surface area contributed by atoms with E-state index in [4.69, 9.17) is 4.74 Å². The van der Waals surface area contributed by atoms with Gasteiger partial charge in [0.25, 0.3) is 0 Å². The first-order valence-electron chi connectivity index (χ1n) is 9.35. The van der Waals surface area contributed by atoms with Gasteiger partial charge in [-0.1, -0.05) is 56.0 Å². The molecular formula is C23H27NO2. The van der Waals surface area contributed by atoms with E-state index in [1.165, 1.54) is 6.42 Å². The van der Waals surface area contributed by atoms with Gasteiger partial charge in [0.1, 0.15) is 12.4 Å². The number of hydrogen-bond acceptors (Lipinski definition) is 2. The molecule has 26 heavy (non-hydrogen) atoms. The smallest absolute Gasteiger partial charge is 0.227 e. The van der Waals surface area contributed by atoms with Gasteiger partial charge in [-0.3, -0.25) is 4.79 Å². The minimum absolute atomic E-state index is 0.183. The Morgan fingerprint density at radius 1 is 1.27 bits per heavy atom. The monoisotopic (exact) mass is 349 g/mol. The van der Waals surface area contributed by atoms with Crippen LogP contribution in [0.15, 0.2) is 55.1 Å². The van der Waals surface area contributed by atoms with Crippen molar-refractivity contribution in [2.75, 3.05) is 13.1 Å². The highest BCUT2D eigenvalue weighted by atomic mass is 16.5. The van der Waals surface area contributed by atoms with Crippen molar-refractivity contribution in [3.8, 4) is 5.75 Å². The largest absolute Gasteiger partial charge is 0.489 e. The lowest BCUT2D eigenvalue weighted by Gasteiger charge is -2.31. The fourth-order valence-corrected chi connectivity index (χ4v) is 3.43. The van der Waals surface area contributed by atoms with Crippen LogP contribution in [-0.2, 0) is 17.8 Å². The molecular weight excluding hydrogens is 322 g/mol. The third-order valence-corrected chi connectivity index (χ3v) is 4.91. The third-order valence-electron chi connectivity index (χ3n) is 4.91. The van der Waals surface area contributed by atoms with E-state index in [9.17, 15) is 4.79 Å². The van der Waals surface area contributed by atoms with E-state index in [0.717, 1.165) is 42.0 Å². The zero-order valence-corrected chi connectivity index (χ0v) is 15.5. The molecule has 1 unspecified atom stereocenters. The molecule has 0 radical (unpaired) electrons. The number of piperidine rings is 1. The van der Waals surface area contributed by atoms with Crippen LogP contribution in [0.2, 0.25) is 0 Å². The maximum absolute atomic E-state index is 12.8. The lowest BCUT2D eigenvalue weighted by molar-refractivity contribution is -0.132. The summed E-state index contributed by atoms with van der Waals surface area (Å²) >= 11 is 0. The van der Waals surface area contributed by atoms with E-state index in [1.807, 2.05) is 53.4 Å². The van der Waals surface area contributed by atoms with Crippen LogP contribution in [-0.4, -0.2) is 23.9 Å². The van der Waals surface area contributed by atoms with Gasteiger partial charge in [0, 0.05) is 18.7 Å². The highest BCUT2D eigenvalue weighted by Gasteiger charge is 2.22. The minimum Gasteiger partial charge on any atom is -0.489 e. The Morgan fingerprint density at radius 2 is 2.08 bits per heavy atom. The topological polar surface area (TPSA) is 29.5 Å². The van der Waals surface area contributed by atoms with Crippen molar-refractivity contribution in [2.24, 2.45) is 5.92 Å². The molecule has 1 aliphatic rings. The number of amides is 1. The summed E-state index contributed by atoms with van der Waals surface area (Å²) in [5, 5.41) is 0. The van der Waals surface area contributed by atoms with E-state index < -0.39 is 0 Å². The number of benzene rings is 2. The molecule has 3 rings (SSSR count). The molecule has 2 aromatic carbocycles. The van der Waals surface area contributed by atoms with Crippen LogP contribution in [0.3, 0.4) is 0 Å². The van der Waals surface area contributed by atoms with E-state index in [1.54, 1.807) is 6.08 Å². The second-order valence-electron chi connectivity index (χ2n) is 7.11. The summed E-state index contributed by atoms with van der Waals surface area (Å²) in [6.45, 7) is 8.28. The normalized spacial score (nSPS) is 17.0. The van der Waals surface area contributed by atoms with Crippen molar-refractivity contribution >= 4 is 12.0 Å². The fourth-order valence-electron chi connectivity index (χ4n) is 3.43. The maximum atomic E-state index is 12.8. The lowest BCUT2D eigenvalue weighted by Crippen LogP contribution is -2.40. The quantitative estimate of drug-likeness (QED) is 0.756. The first kappa shape index (κ1) is 18.2. The standard InChI is InChI=1S/C23H27NO2/c1-3-19-11-12-22(26-17-20-9-5-4-6-10-20)21(14-19)15-23(25)24-13-7-8-18(2)16-24/h3-6,9-12,14,18H,1,7-8,13,15-17H2,2H3. The molecule has 3 heteroatoms. The molecule has 0 aliphatic carbocycles. The average Bonchev–Trinajstić information content (AvgIpc) is 2.67. The van der Waals surface area contributed by atoms with Gasteiger partial charge in [0.2, 0.25) is 5.91 Å². The highest BCUT2D eigenvalue weighted by molar-refractivity contribution is 5.80. The summed E-state index contributed by atoms with van der Waals surface area (Å²) in [5.74, 6) is 1.54. The first-order chi connectivity index (χ1) is 12.7. The predicted molar refractivity (Wildman–Crippen MR) is 106 cm³/mol. The lowest BCUT2D eigenvalue weighted by atomic mass is 9.99. The zero-order chi connectivity index (χ0) is 18.4. The fraction of sp³-hybridized carbons (Fsp3) is 0.348. The Morgan fingerprint density at radius 3 is 2.81 bits per heavy atom. The van der Waals surface area contributed by atoms with Gasteiger partial charge < -0.3 is 9.64 Å². The summed E-state index contributed by atoms with van der Waals surface area (Å²) in [4.78, 5) is 14.8. The van der Waals surface area contributed by atoms with Crippen molar-refractivity contribution in [3.63, 3.8) is 0 Å². The van der Waals surface area contributed by atoms with E-state index in [0.29, 0.717) is 18.9 Å². The molecule has 0 saturated carbocycles. The Hall–Kier alpha value is -2.55. The molecule has 0 spiro atoms. The molecule has 1 aliphatic heterocycles. The van der Waals surface area contributed by atoms with Gasteiger partial charge in [0.05, 0.1) is 6.42 Å². The van der Waals surface area contributed by atoms with Crippen molar-refractivity contribution in [1.29, 1.82) is 0 Å². The summed E-state index contributed by atoms with van der Waals surface area (Å²) in [6.07, 6.45) is 4.48. The summed E-state index contributed by atoms with van der Waals surface area (Å²) < 4.78 is 6.03. The van der Waals surface area contributed by atoms with Crippen molar-refractivity contribution in [2.45, 2.75) is 32.8 Å². The van der Waals surface area contributed by atoms with Crippen LogP contribution in [0.1, 0.15) is 36.5 Å². The molecule has 136 valence electrons. The Kier molecular flexibility index (Phi) is 6.11. The van der Waals surface area contributed by atoms with Crippen molar-refractivity contribution in [3.05, 3.63) is 71.8 Å². The van der Waals surface area contributed by atoms with E-state index >= 15 is 0 Å². The summed E-state index contributed by atoms with van der Waals surface area (Å²) in [7, 11) is 0. The highest BCUT2D eigenvalue weighted by Crippen LogP contribution is 2.24. The van der Waals surface area contributed by atoms with Crippen molar-refractivity contribution in [1.82, 2.24) is 4.90 Å². The summed E-state index contributed by atoms with van der Waals surface area (Å²) in [5.41, 5.74) is 3.05. The molecule has 0 N–H and O–H groups in total. The van der Waals surface area contributed by atoms with E-state index in [2.05, 4.69) is 13.5 Å². The molecule has 1 saturated heterocycles. The first-order valence-corrected chi connectivity index (χ1v) is 9.35. The molecule has 1 amide bonds. The van der Waals surface area contributed by atoms with E-state index in [-0.39, 0.29) is 5.91 Å². The molecule has 1 heterocycles. The van der Waals surface area contributed by atoms with Crippen LogP contribution in [0, 0.1) is 5.92 Å². The second-order valence-corrected chi connectivity index (χ2v) is 7.11. The number of nitrogens with zero attached hydrogens (tertiary/aromatic N) is 1. The predicted octanol–water partition coefficient (Wildman–Crippen LogP) is 4.71. The molecule has 0 bridgehead atoms. The van der Waals surface area contributed by atoms with Crippen LogP contribution in [0.25, 0.3) is 6.08 Å². The Bertz CT molecular complexity index is 754. The van der Waals surface area contributed by atoms with Gasteiger partial charge in [0.15, 0.2) is 0 Å². The summed E-state index contributed by atoms with van der Waals surface area (Å²) in [6, 6.07) is 16.0. The van der Waals surface area contributed by atoms with Crippen LogP contribution >= 0.6 is 0 Å². The molecule has 1 fully saturated rings. The van der Waals surface area contributed by atoms with Crippen LogP contribution < -0.4 is 4.74 Å². The second kappa shape index (κ2) is 8.70. The number of hydrogen-bond donors (Lipinski definition) is 0. The van der Waals surface area contributed by atoms with Crippen LogP contribution in [0.5, 0.6) is 5.75 Å². The van der Waals surface area contributed by atoms with Gasteiger partial charge in [-0.05, 0) is 42.0 Å². The van der Waals surface area contributed by atoms with Gasteiger partial charge in [-0.15, -0.1) is 0 Å². The molecule has 3 nitrogen and oxygen atoms in total. The van der Waals surface area contributed by atoms with Gasteiger partial charge >= 0.3 is 0 Å².